The molecule has 0 amide bonds. The van der Waals surface area contributed by atoms with Crippen molar-refractivity contribution < 1.29 is 0 Å². The van der Waals surface area contributed by atoms with E-state index in [-0.39, 0.29) is 0 Å². The van der Waals surface area contributed by atoms with E-state index >= 15 is 0 Å². The van der Waals surface area contributed by atoms with Gasteiger partial charge in [0.05, 0.1) is 17.7 Å². The lowest BCUT2D eigenvalue weighted by Crippen LogP contribution is -2.48. The SMILES string of the molecule is Cc1ccc(C2CN(Cc3ccc(C#N)cc3)CCN2c2ccc(C)cc2C)cc1. The highest BCUT2D eigenvalue weighted by Crippen LogP contribution is 2.33. The van der Waals surface area contributed by atoms with Gasteiger partial charge in [-0.15, -0.1) is 0 Å². The van der Waals surface area contributed by atoms with Crippen LogP contribution in [0.3, 0.4) is 0 Å². The van der Waals surface area contributed by atoms with Crippen molar-refractivity contribution in [1.29, 1.82) is 5.26 Å². The molecule has 1 aliphatic heterocycles. The zero-order valence-corrected chi connectivity index (χ0v) is 18.1. The Balaban J connectivity index is 1.60. The van der Waals surface area contributed by atoms with E-state index in [1.807, 2.05) is 12.1 Å². The molecule has 30 heavy (non-hydrogen) atoms. The molecule has 3 nitrogen and oxygen atoms in total. The van der Waals surface area contributed by atoms with E-state index in [9.17, 15) is 0 Å². The molecule has 1 aliphatic rings. The average Bonchev–Trinajstić information content (AvgIpc) is 2.75. The molecular formula is C27H29N3. The molecule has 0 N–H and O–H groups in total. The molecule has 0 saturated carbocycles. The minimum Gasteiger partial charge on any atom is -0.362 e. The second-order valence-corrected chi connectivity index (χ2v) is 8.45. The van der Waals surface area contributed by atoms with Gasteiger partial charge in [0.2, 0.25) is 0 Å². The van der Waals surface area contributed by atoms with E-state index in [1.165, 1.54) is 33.5 Å². The molecular weight excluding hydrogens is 366 g/mol. The van der Waals surface area contributed by atoms with Gasteiger partial charge < -0.3 is 4.90 Å². The van der Waals surface area contributed by atoms with Gasteiger partial charge in [-0.25, -0.2) is 0 Å². The van der Waals surface area contributed by atoms with Gasteiger partial charge in [-0.05, 0) is 55.7 Å². The number of nitrogens with zero attached hydrogens (tertiary/aromatic N) is 3. The second kappa shape index (κ2) is 8.73. The number of aryl methyl sites for hydroxylation is 3. The van der Waals surface area contributed by atoms with Crippen LogP contribution in [0.25, 0.3) is 0 Å². The van der Waals surface area contributed by atoms with Crippen molar-refractivity contribution in [1.82, 2.24) is 4.90 Å². The number of hydrogen-bond donors (Lipinski definition) is 0. The van der Waals surface area contributed by atoms with Gasteiger partial charge in [-0.2, -0.15) is 5.26 Å². The smallest absolute Gasteiger partial charge is 0.0991 e. The minimum atomic E-state index is 0.319. The Labute approximate surface area is 180 Å². The second-order valence-electron chi connectivity index (χ2n) is 8.45. The molecule has 4 rings (SSSR count). The summed E-state index contributed by atoms with van der Waals surface area (Å²) in [5, 5.41) is 9.04. The summed E-state index contributed by atoms with van der Waals surface area (Å²) < 4.78 is 0. The predicted octanol–water partition coefficient (Wildman–Crippen LogP) is 5.55. The molecule has 1 fully saturated rings. The first kappa shape index (κ1) is 20.2. The fourth-order valence-electron chi connectivity index (χ4n) is 4.42. The van der Waals surface area contributed by atoms with Crippen molar-refractivity contribution in [3.8, 4) is 6.07 Å². The van der Waals surface area contributed by atoms with Crippen molar-refractivity contribution in [2.45, 2.75) is 33.4 Å². The first-order valence-electron chi connectivity index (χ1n) is 10.7. The topological polar surface area (TPSA) is 30.3 Å². The summed E-state index contributed by atoms with van der Waals surface area (Å²) >= 11 is 0. The quantitative estimate of drug-likeness (QED) is 0.580. The molecule has 0 radical (unpaired) electrons. The fourth-order valence-corrected chi connectivity index (χ4v) is 4.42. The molecule has 1 unspecified atom stereocenters. The summed E-state index contributed by atoms with van der Waals surface area (Å²) in [7, 11) is 0. The van der Waals surface area contributed by atoms with Crippen molar-refractivity contribution in [3.05, 3.63) is 100 Å². The van der Waals surface area contributed by atoms with Gasteiger partial charge in [-0.3, -0.25) is 4.90 Å². The van der Waals surface area contributed by atoms with Crippen molar-refractivity contribution in [2.75, 3.05) is 24.5 Å². The summed E-state index contributed by atoms with van der Waals surface area (Å²) in [6.07, 6.45) is 0. The molecule has 1 heterocycles. The number of piperazine rings is 1. The van der Waals surface area contributed by atoms with E-state index in [4.69, 9.17) is 5.26 Å². The van der Waals surface area contributed by atoms with Gasteiger partial charge in [-0.1, -0.05) is 59.7 Å². The van der Waals surface area contributed by atoms with Crippen LogP contribution in [-0.4, -0.2) is 24.5 Å². The molecule has 0 aromatic heterocycles. The maximum Gasteiger partial charge on any atom is 0.0991 e. The van der Waals surface area contributed by atoms with E-state index in [0.717, 1.165) is 31.7 Å². The fraction of sp³-hybridized carbons (Fsp3) is 0.296. The average molecular weight is 396 g/mol. The molecule has 0 spiro atoms. The van der Waals surface area contributed by atoms with Gasteiger partial charge >= 0.3 is 0 Å². The van der Waals surface area contributed by atoms with E-state index in [1.54, 1.807) is 0 Å². The summed E-state index contributed by atoms with van der Waals surface area (Å²) in [5.41, 5.74) is 8.62. The number of hydrogen-bond acceptors (Lipinski definition) is 3. The third-order valence-electron chi connectivity index (χ3n) is 6.08. The number of anilines is 1. The Kier molecular flexibility index (Phi) is 5.88. The first-order valence-corrected chi connectivity index (χ1v) is 10.7. The first-order chi connectivity index (χ1) is 14.5. The van der Waals surface area contributed by atoms with Crippen LogP contribution in [0.15, 0.2) is 66.7 Å². The Morgan fingerprint density at radius 1 is 0.867 bits per heavy atom. The monoisotopic (exact) mass is 395 g/mol. The van der Waals surface area contributed by atoms with Gasteiger partial charge in [0.15, 0.2) is 0 Å². The van der Waals surface area contributed by atoms with Gasteiger partial charge in [0.1, 0.15) is 0 Å². The highest BCUT2D eigenvalue weighted by molar-refractivity contribution is 5.56. The normalized spacial score (nSPS) is 17.0. The minimum absolute atomic E-state index is 0.319. The predicted molar refractivity (Wildman–Crippen MR) is 124 cm³/mol. The van der Waals surface area contributed by atoms with Crippen LogP contribution in [0, 0.1) is 32.1 Å². The van der Waals surface area contributed by atoms with E-state index < -0.39 is 0 Å². The third kappa shape index (κ3) is 4.40. The standard InChI is InChI=1S/C27H29N3/c1-20-4-11-25(12-5-20)27-19-29(18-24-9-7-23(17-28)8-10-24)14-15-30(27)26-13-6-21(2)16-22(26)3/h4-13,16,27H,14-15,18-19H2,1-3H3. The van der Waals surface area contributed by atoms with Crippen molar-refractivity contribution in [2.24, 2.45) is 0 Å². The third-order valence-corrected chi connectivity index (χ3v) is 6.08. The highest BCUT2D eigenvalue weighted by atomic mass is 15.3. The van der Waals surface area contributed by atoms with Crippen LogP contribution in [-0.2, 0) is 6.54 Å². The van der Waals surface area contributed by atoms with Crippen LogP contribution in [0.5, 0.6) is 0 Å². The molecule has 3 aromatic carbocycles. The summed E-state index contributed by atoms with van der Waals surface area (Å²) in [4.78, 5) is 5.11. The lowest BCUT2D eigenvalue weighted by Gasteiger charge is -2.44. The van der Waals surface area contributed by atoms with Crippen LogP contribution >= 0.6 is 0 Å². The maximum atomic E-state index is 9.04. The molecule has 3 aromatic rings. The van der Waals surface area contributed by atoms with Crippen molar-refractivity contribution in [3.63, 3.8) is 0 Å². The van der Waals surface area contributed by atoms with E-state index in [0.29, 0.717) is 6.04 Å². The molecule has 1 atom stereocenters. The number of nitriles is 1. The number of benzene rings is 3. The Bertz CT molecular complexity index is 1040. The van der Waals surface area contributed by atoms with Gasteiger partial charge in [0.25, 0.3) is 0 Å². The van der Waals surface area contributed by atoms with Crippen LogP contribution < -0.4 is 4.90 Å². The van der Waals surface area contributed by atoms with Crippen LogP contribution in [0.2, 0.25) is 0 Å². The lowest BCUT2D eigenvalue weighted by atomic mass is 9.98. The summed E-state index contributed by atoms with van der Waals surface area (Å²) in [6.45, 7) is 10.4. The Hall–Kier alpha value is -3.09. The van der Waals surface area contributed by atoms with Crippen LogP contribution in [0.1, 0.15) is 39.4 Å². The van der Waals surface area contributed by atoms with E-state index in [2.05, 4.69) is 91.2 Å². The Morgan fingerprint density at radius 2 is 1.57 bits per heavy atom. The number of rotatable bonds is 4. The molecule has 3 heteroatoms. The Morgan fingerprint density at radius 3 is 2.23 bits per heavy atom. The van der Waals surface area contributed by atoms with Crippen molar-refractivity contribution >= 4 is 5.69 Å². The lowest BCUT2D eigenvalue weighted by molar-refractivity contribution is 0.215. The van der Waals surface area contributed by atoms with Gasteiger partial charge in [0, 0.05) is 31.9 Å². The highest BCUT2D eigenvalue weighted by Gasteiger charge is 2.29. The molecule has 0 bridgehead atoms. The molecule has 152 valence electrons. The molecule has 1 saturated heterocycles. The molecule has 0 aliphatic carbocycles. The largest absolute Gasteiger partial charge is 0.362 e. The maximum absolute atomic E-state index is 9.04. The van der Waals surface area contributed by atoms with Crippen LogP contribution in [0.4, 0.5) is 5.69 Å². The zero-order valence-electron chi connectivity index (χ0n) is 18.1. The zero-order chi connectivity index (χ0) is 21.1. The summed E-state index contributed by atoms with van der Waals surface area (Å²) in [5.74, 6) is 0. The summed E-state index contributed by atoms with van der Waals surface area (Å²) in [6, 6.07) is 26.3.